The highest BCUT2D eigenvalue weighted by atomic mass is 19.1. The van der Waals surface area contributed by atoms with Crippen LogP contribution in [0.3, 0.4) is 0 Å². The lowest BCUT2D eigenvalue weighted by Crippen LogP contribution is -2.41. The summed E-state index contributed by atoms with van der Waals surface area (Å²) >= 11 is 0. The number of aliphatic hydroxyl groups excluding tert-OH is 2. The number of hydrogen-bond acceptors (Lipinski definition) is 3. The Labute approximate surface area is 113 Å². The zero-order valence-corrected chi connectivity index (χ0v) is 11.3. The third kappa shape index (κ3) is 4.00. The van der Waals surface area contributed by atoms with Gasteiger partial charge in [-0.2, -0.15) is 0 Å². The van der Waals surface area contributed by atoms with Crippen LogP contribution in [0.4, 0.5) is 4.39 Å². The van der Waals surface area contributed by atoms with Gasteiger partial charge in [-0.25, -0.2) is 4.39 Å². The van der Waals surface area contributed by atoms with Crippen LogP contribution in [0.2, 0.25) is 0 Å². The maximum Gasteiger partial charge on any atom is 0.123 e. The average molecular weight is 267 g/mol. The van der Waals surface area contributed by atoms with E-state index < -0.39 is 6.10 Å². The van der Waals surface area contributed by atoms with Crippen LogP contribution in [0.5, 0.6) is 0 Å². The number of halogens is 1. The Morgan fingerprint density at radius 3 is 2.89 bits per heavy atom. The lowest BCUT2D eigenvalue weighted by molar-refractivity contribution is 0.0376. The van der Waals surface area contributed by atoms with E-state index in [1.165, 1.54) is 12.1 Å². The van der Waals surface area contributed by atoms with Gasteiger partial charge in [-0.15, -0.1) is 0 Å². The van der Waals surface area contributed by atoms with E-state index in [0.717, 1.165) is 25.9 Å². The highest BCUT2D eigenvalue weighted by Gasteiger charge is 2.25. The third-order valence-corrected chi connectivity index (χ3v) is 3.89. The zero-order valence-electron chi connectivity index (χ0n) is 11.3. The van der Waals surface area contributed by atoms with Crippen molar-refractivity contribution in [3.05, 3.63) is 35.6 Å². The van der Waals surface area contributed by atoms with Gasteiger partial charge in [-0.1, -0.05) is 12.1 Å². The van der Waals surface area contributed by atoms with Gasteiger partial charge in [0, 0.05) is 13.1 Å². The van der Waals surface area contributed by atoms with E-state index in [4.69, 9.17) is 0 Å². The van der Waals surface area contributed by atoms with Crippen molar-refractivity contribution in [3.8, 4) is 0 Å². The van der Waals surface area contributed by atoms with Crippen molar-refractivity contribution in [1.82, 2.24) is 4.90 Å². The summed E-state index contributed by atoms with van der Waals surface area (Å²) in [6, 6.07) is 6.11. The molecule has 0 amide bonds. The molecule has 1 aliphatic heterocycles. The van der Waals surface area contributed by atoms with E-state index in [-0.39, 0.29) is 17.8 Å². The molecule has 2 N–H and O–H groups in total. The van der Waals surface area contributed by atoms with Crippen molar-refractivity contribution in [1.29, 1.82) is 0 Å². The summed E-state index contributed by atoms with van der Waals surface area (Å²) in [4.78, 5) is 2.15. The first-order chi connectivity index (χ1) is 9.06. The number of benzene rings is 1. The first-order valence-electron chi connectivity index (χ1n) is 6.90. The van der Waals surface area contributed by atoms with Gasteiger partial charge in [0.25, 0.3) is 0 Å². The fourth-order valence-corrected chi connectivity index (χ4v) is 2.71. The summed E-state index contributed by atoms with van der Waals surface area (Å²) in [6.45, 7) is 4.03. The molecule has 0 saturated carbocycles. The number of β-amino-alcohol motifs (C(OH)–C–C–N with tert-alkyl or cyclic N) is 1. The van der Waals surface area contributed by atoms with Crippen LogP contribution in [0.1, 0.15) is 31.4 Å². The van der Waals surface area contributed by atoms with E-state index in [0.29, 0.717) is 12.1 Å². The van der Waals surface area contributed by atoms with Gasteiger partial charge in [0.1, 0.15) is 5.82 Å². The van der Waals surface area contributed by atoms with Gasteiger partial charge in [-0.05, 0) is 49.9 Å². The van der Waals surface area contributed by atoms with Crippen molar-refractivity contribution >= 4 is 0 Å². The molecule has 1 aromatic rings. The Morgan fingerprint density at radius 1 is 1.42 bits per heavy atom. The summed E-state index contributed by atoms with van der Waals surface area (Å²) in [7, 11) is 0. The van der Waals surface area contributed by atoms with Crippen molar-refractivity contribution in [2.45, 2.75) is 32.0 Å². The molecule has 1 saturated heterocycles. The number of aliphatic hydroxyl groups is 2. The molecule has 0 aromatic heterocycles. The molecule has 1 aromatic carbocycles. The fourth-order valence-electron chi connectivity index (χ4n) is 2.71. The Balaban J connectivity index is 1.93. The predicted molar refractivity (Wildman–Crippen MR) is 72.2 cm³/mol. The molecule has 0 aliphatic carbocycles. The second kappa shape index (κ2) is 6.46. The number of likely N-dealkylation sites (tertiary alicyclic amines) is 1. The molecule has 0 radical (unpaired) electrons. The minimum Gasteiger partial charge on any atom is -0.393 e. The number of hydrogen-bond donors (Lipinski definition) is 2. The van der Waals surface area contributed by atoms with E-state index >= 15 is 0 Å². The summed E-state index contributed by atoms with van der Waals surface area (Å²) in [5, 5.41) is 19.8. The smallest absolute Gasteiger partial charge is 0.123 e. The van der Waals surface area contributed by atoms with Crippen molar-refractivity contribution in [3.63, 3.8) is 0 Å². The highest BCUT2D eigenvalue weighted by Crippen LogP contribution is 2.22. The normalized spacial score (nSPS) is 24.1. The minimum atomic E-state index is -0.677. The van der Waals surface area contributed by atoms with Crippen LogP contribution in [-0.2, 0) is 0 Å². The molecular formula is C15H22FNO2. The highest BCUT2D eigenvalue weighted by molar-refractivity contribution is 5.19. The largest absolute Gasteiger partial charge is 0.393 e. The molecule has 106 valence electrons. The molecule has 1 heterocycles. The third-order valence-electron chi connectivity index (χ3n) is 3.89. The van der Waals surface area contributed by atoms with Gasteiger partial charge in [-0.3, -0.25) is 0 Å². The summed E-state index contributed by atoms with van der Waals surface area (Å²) in [6.07, 6.45) is 1.08. The van der Waals surface area contributed by atoms with E-state index in [1.807, 2.05) is 6.92 Å². The Bertz CT molecular complexity index is 411. The lowest BCUT2D eigenvalue weighted by Gasteiger charge is -2.35. The van der Waals surface area contributed by atoms with Crippen molar-refractivity contribution in [2.24, 2.45) is 5.92 Å². The first kappa shape index (κ1) is 14.4. The summed E-state index contributed by atoms with van der Waals surface area (Å²) in [5.74, 6) is -0.0505. The Morgan fingerprint density at radius 2 is 2.21 bits per heavy atom. The van der Waals surface area contributed by atoms with Gasteiger partial charge in [0.2, 0.25) is 0 Å². The predicted octanol–water partition coefficient (Wildman–Crippen LogP) is 1.95. The maximum atomic E-state index is 13.1. The first-order valence-corrected chi connectivity index (χ1v) is 6.90. The fraction of sp³-hybridized carbons (Fsp3) is 0.600. The summed E-state index contributed by atoms with van der Waals surface area (Å²) < 4.78 is 13.1. The van der Waals surface area contributed by atoms with Crippen LogP contribution >= 0.6 is 0 Å². The van der Waals surface area contributed by atoms with Crippen molar-refractivity contribution < 1.29 is 14.6 Å². The van der Waals surface area contributed by atoms with Crippen LogP contribution in [0, 0.1) is 11.7 Å². The molecule has 2 rings (SSSR count). The Kier molecular flexibility index (Phi) is 4.91. The van der Waals surface area contributed by atoms with Gasteiger partial charge in [0.05, 0.1) is 12.2 Å². The summed E-state index contributed by atoms with van der Waals surface area (Å²) in [5.41, 5.74) is 0.610. The maximum absolute atomic E-state index is 13.1. The van der Waals surface area contributed by atoms with Crippen LogP contribution in [-0.4, -0.2) is 40.9 Å². The molecule has 19 heavy (non-hydrogen) atoms. The standard InChI is InChI=1S/C15H22FNO2/c1-11(18)13-5-3-7-17(9-13)10-15(19)12-4-2-6-14(16)8-12/h2,4,6,8,11,13,15,18-19H,3,5,7,9-10H2,1H3. The second-order valence-electron chi connectivity index (χ2n) is 5.47. The second-order valence-corrected chi connectivity index (χ2v) is 5.47. The number of piperidine rings is 1. The molecule has 3 atom stereocenters. The van der Waals surface area contributed by atoms with Gasteiger partial charge >= 0.3 is 0 Å². The molecular weight excluding hydrogens is 245 g/mol. The van der Waals surface area contributed by atoms with Crippen molar-refractivity contribution in [2.75, 3.05) is 19.6 Å². The van der Waals surface area contributed by atoms with E-state index in [1.54, 1.807) is 12.1 Å². The van der Waals surface area contributed by atoms with Crippen LogP contribution in [0.25, 0.3) is 0 Å². The molecule has 1 aliphatic rings. The SMILES string of the molecule is CC(O)C1CCCN(CC(O)c2cccc(F)c2)C1. The molecule has 3 nitrogen and oxygen atoms in total. The molecule has 0 spiro atoms. The zero-order chi connectivity index (χ0) is 13.8. The van der Waals surface area contributed by atoms with Crippen LogP contribution in [0.15, 0.2) is 24.3 Å². The molecule has 3 unspecified atom stereocenters. The van der Waals surface area contributed by atoms with E-state index in [9.17, 15) is 14.6 Å². The van der Waals surface area contributed by atoms with Gasteiger partial charge < -0.3 is 15.1 Å². The monoisotopic (exact) mass is 267 g/mol. The van der Waals surface area contributed by atoms with E-state index in [2.05, 4.69) is 4.90 Å². The minimum absolute atomic E-state index is 0.272. The number of rotatable bonds is 4. The topological polar surface area (TPSA) is 43.7 Å². The quantitative estimate of drug-likeness (QED) is 0.876. The van der Waals surface area contributed by atoms with Gasteiger partial charge in [0.15, 0.2) is 0 Å². The average Bonchev–Trinajstić information content (AvgIpc) is 2.39. The molecule has 1 fully saturated rings. The molecule has 0 bridgehead atoms. The lowest BCUT2D eigenvalue weighted by atomic mass is 9.93. The Hall–Kier alpha value is -0.970. The van der Waals surface area contributed by atoms with Crippen LogP contribution < -0.4 is 0 Å². The molecule has 4 heteroatoms. The number of nitrogens with zero attached hydrogens (tertiary/aromatic N) is 1.